The van der Waals surface area contributed by atoms with Gasteiger partial charge >= 0.3 is 12.1 Å². The summed E-state index contributed by atoms with van der Waals surface area (Å²) in [5, 5.41) is 26.0. The van der Waals surface area contributed by atoms with Crippen molar-refractivity contribution in [2.24, 2.45) is 5.92 Å². The number of carbonyl (C=O) groups is 2. The van der Waals surface area contributed by atoms with Crippen LogP contribution < -0.4 is 10.6 Å². The highest BCUT2D eigenvalue weighted by Crippen LogP contribution is 2.33. The standard InChI is InChI=1S/C29H29F3N6O4/c1-15(18-6-5-7-18)33-23-22-24(36-25(35-23)28(41)42)37-26(27(40)34-16(2)20-8-3-4-9-21(20)39)38(22)14-17-10-12-19(13-11-17)29(30,31)32/h3-4,8-13,15-16,18,39H,5-7,14H2,1-2H3,(H,34,40)(H,41,42)(H,33,35,36)/t15-,16-/m1/s1. The predicted molar refractivity (Wildman–Crippen MR) is 147 cm³/mol. The van der Waals surface area contributed by atoms with Gasteiger partial charge in [-0.25, -0.2) is 19.7 Å². The van der Waals surface area contributed by atoms with Gasteiger partial charge < -0.3 is 25.4 Å². The number of carboxylic acid groups (broad SMARTS) is 1. The molecule has 2 heterocycles. The number of alkyl halides is 3. The van der Waals surface area contributed by atoms with E-state index in [0.29, 0.717) is 17.0 Å². The molecule has 0 radical (unpaired) electrons. The summed E-state index contributed by atoms with van der Waals surface area (Å²) in [5.74, 6) is -2.22. The van der Waals surface area contributed by atoms with E-state index in [1.807, 2.05) is 6.92 Å². The molecular formula is C29H29F3N6O4. The maximum Gasteiger partial charge on any atom is 0.416 e. The maximum absolute atomic E-state index is 13.6. The minimum absolute atomic E-state index is 0.0167. The zero-order chi connectivity index (χ0) is 30.2. The first kappa shape index (κ1) is 28.8. The van der Waals surface area contributed by atoms with E-state index in [0.717, 1.165) is 31.4 Å². The SMILES string of the molecule is C[C@@H](NC(=O)c1nc2nc(C(=O)O)nc(N[C@H](C)C3CCC3)c2n1Cc1ccc(C(F)(F)F)cc1)c1ccccc1O. The van der Waals surface area contributed by atoms with Crippen molar-refractivity contribution in [2.45, 2.75) is 57.9 Å². The van der Waals surface area contributed by atoms with Gasteiger partial charge in [-0.3, -0.25) is 4.79 Å². The van der Waals surface area contributed by atoms with Gasteiger partial charge in [-0.1, -0.05) is 36.8 Å². The lowest BCUT2D eigenvalue weighted by Crippen LogP contribution is -2.32. The number of aromatic hydroxyl groups is 1. The van der Waals surface area contributed by atoms with E-state index in [1.165, 1.54) is 22.8 Å². The molecule has 1 fully saturated rings. The number of carbonyl (C=O) groups excluding carboxylic acids is 1. The van der Waals surface area contributed by atoms with Gasteiger partial charge in [0.2, 0.25) is 11.6 Å². The Morgan fingerprint density at radius 2 is 1.74 bits per heavy atom. The molecule has 10 nitrogen and oxygen atoms in total. The predicted octanol–water partition coefficient (Wildman–Crippen LogP) is 5.39. The molecule has 0 spiro atoms. The van der Waals surface area contributed by atoms with E-state index in [2.05, 4.69) is 25.6 Å². The van der Waals surface area contributed by atoms with Gasteiger partial charge in [0.15, 0.2) is 11.5 Å². The molecule has 220 valence electrons. The van der Waals surface area contributed by atoms with Gasteiger partial charge in [0.25, 0.3) is 5.91 Å². The van der Waals surface area contributed by atoms with Crippen LogP contribution in [0.25, 0.3) is 11.2 Å². The number of rotatable bonds is 9. The Morgan fingerprint density at radius 1 is 1.05 bits per heavy atom. The summed E-state index contributed by atoms with van der Waals surface area (Å²) < 4.78 is 41.0. The molecule has 5 rings (SSSR count). The van der Waals surface area contributed by atoms with Gasteiger partial charge in [-0.05, 0) is 56.4 Å². The van der Waals surface area contributed by atoms with Crippen molar-refractivity contribution in [2.75, 3.05) is 5.32 Å². The van der Waals surface area contributed by atoms with E-state index in [1.54, 1.807) is 25.1 Å². The number of phenolic OH excluding ortho intramolecular Hbond substituents is 1. The highest BCUT2D eigenvalue weighted by atomic mass is 19.4. The Bertz CT molecular complexity index is 1630. The molecule has 1 saturated carbocycles. The monoisotopic (exact) mass is 582 g/mol. The number of hydrogen-bond acceptors (Lipinski definition) is 7. The molecule has 42 heavy (non-hydrogen) atoms. The summed E-state index contributed by atoms with van der Waals surface area (Å²) in [6, 6.07) is 10.3. The molecule has 4 aromatic rings. The minimum Gasteiger partial charge on any atom is -0.508 e. The smallest absolute Gasteiger partial charge is 0.416 e. The van der Waals surface area contributed by atoms with Gasteiger partial charge in [-0.2, -0.15) is 13.2 Å². The Balaban J connectivity index is 1.61. The van der Waals surface area contributed by atoms with Crippen LogP contribution in [-0.2, 0) is 12.7 Å². The first-order chi connectivity index (χ1) is 19.9. The number of anilines is 1. The average molecular weight is 583 g/mol. The normalized spacial score (nSPS) is 15.2. The number of halogens is 3. The molecular weight excluding hydrogens is 553 g/mol. The zero-order valence-electron chi connectivity index (χ0n) is 22.8. The number of hydrogen-bond donors (Lipinski definition) is 4. The van der Waals surface area contributed by atoms with Crippen LogP contribution in [0.1, 0.15) is 77.1 Å². The fraction of sp³-hybridized carbons (Fsp3) is 0.345. The van der Waals surface area contributed by atoms with E-state index in [-0.39, 0.29) is 41.1 Å². The van der Waals surface area contributed by atoms with Crippen molar-refractivity contribution in [1.82, 2.24) is 24.8 Å². The zero-order valence-corrected chi connectivity index (χ0v) is 22.8. The lowest BCUT2D eigenvalue weighted by atomic mass is 9.80. The van der Waals surface area contributed by atoms with Crippen LogP contribution >= 0.6 is 0 Å². The number of aromatic carboxylic acids is 1. The Hall–Kier alpha value is -4.68. The number of amides is 1. The third-order valence-corrected chi connectivity index (χ3v) is 7.59. The Morgan fingerprint density at radius 3 is 2.33 bits per heavy atom. The third kappa shape index (κ3) is 5.85. The summed E-state index contributed by atoms with van der Waals surface area (Å²) in [4.78, 5) is 38.2. The Kier molecular flexibility index (Phi) is 7.76. The van der Waals surface area contributed by atoms with Crippen LogP contribution in [0.3, 0.4) is 0 Å². The molecule has 1 amide bonds. The summed E-state index contributed by atoms with van der Waals surface area (Å²) in [7, 11) is 0. The highest BCUT2D eigenvalue weighted by molar-refractivity contribution is 5.98. The maximum atomic E-state index is 13.6. The number of fused-ring (bicyclic) bond motifs is 1. The highest BCUT2D eigenvalue weighted by Gasteiger charge is 2.31. The van der Waals surface area contributed by atoms with Crippen molar-refractivity contribution >= 4 is 28.9 Å². The molecule has 2 aromatic carbocycles. The molecule has 13 heteroatoms. The second-order valence-corrected chi connectivity index (χ2v) is 10.5. The fourth-order valence-corrected chi connectivity index (χ4v) is 5.01. The first-order valence-corrected chi connectivity index (χ1v) is 13.5. The van der Waals surface area contributed by atoms with Gasteiger partial charge in [-0.15, -0.1) is 0 Å². The minimum atomic E-state index is -4.51. The number of aromatic nitrogens is 4. The number of nitrogens with one attached hydrogen (secondary N) is 2. The fourth-order valence-electron chi connectivity index (χ4n) is 5.01. The van der Waals surface area contributed by atoms with E-state index in [4.69, 9.17) is 0 Å². The molecule has 1 aliphatic carbocycles. The van der Waals surface area contributed by atoms with Crippen molar-refractivity contribution in [1.29, 1.82) is 0 Å². The number of para-hydroxylation sites is 1. The first-order valence-electron chi connectivity index (χ1n) is 13.5. The van der Waals surface area contributed by atoms with Crippen LogP contribution in [-0.4, -0.2) is 47.7 Å². The molecule has 0 unspecified atom stereocenters. The van der Waals surface area contributed by atoms with Crippen LogP contribution in [0, 0.1) is 5.92 Å². The molecule has 0 saturated heterocycles. The number of imidazole rings is 1. The molecule has 0 bridgehead atoms. The topological polar surface area (TPSA) is 142 Å². The number of benzene rings is 2. The summed E-state index contributed by atoms with van der Waals surface area (Å²) in [5.41, 5.74) is 0.262. The molecule has 1 aliphatic rings. The second kappa shape index (κ2) is 11.3. The quantitative estimate of drug-likeness (QED) is 0.206. The number of carboxylic acids is 1. The van der Waals surface area contributed by atoms with Gasteiger partial charge in [0, 0.05) is 11.6 Å². The van der Waals surface area contributed by atoms with Crippen LogP contribution in [0.15, 0.2) is 48.5 Å². The molecule has 2 atom stereocenters. The van der Waals surface area contributed by atoms with Crippen LogP contribution in [0.5, 0.6) is 5.75 Å². The molecule has 0 aliphatic heterocycles. The van der Waals surface area contributed by atoms with E-state index < -0.39 is 35.5 Å². The summed E-state index contributed by atoms with van der Waals surface area (Å²) >= 11 is 0. The van der Waals surface area contributed by atoms with Crippen molar-refractivity contribution in [3.63, 3.8) is 0 Å². The van der Waals surface area contributed by atoms with Crippen LogP contribution in [0.2, 0.25) is 0 Å². The molecule has 2 aromatic heterocycles. The van der Waals surface area contributed by atoms with Crippen molar-refractivity contribution in [3.05, 3.63) is 76.9 Å². The largest absolute Gasteiger partial charge is 0.508 e. The Labute approximate surface area is 238 Å². The number of phenols is 1. The van der Waals surface area contributed by atoms with Gasteiger partial charge in [0.05, 0.1) is 18.2 Å². The van der Waals surface area contributed by atoms with E-state index >= 15 is 0 Å². The lowest BCUT2D eigenvalue weighted by molar-refractivity contribution is -0.137. The summed E-state index contributed by atoms with van der Waals surface area (Å²) in [6.07, 6.45) is -1.43. The van der Waals surface area contributed by atoms with Crippen LogP contribution in [0.4, 0.5) is 19.0 Å². The van der Waals surface area contributed by atoms with Crippen molar-refractivity contribution in [3.8, 4) is 5.75 Å². The third-order valence-electron chi connectivity index (χ3n) is 7.59. The average Bonchev–Trinajstić information content (AvgIpc) is 3.26. The lowest BCUT2D eigenvalue weighted by Gasteiger charge is -2.32. The van der Waals surface area contributed by atoms with E-state index in [9.17, 15) is 33.0 Å². The second-order valence-electron chi connectivity index (χ2n) is 10.5. The molecule has 4 N–H and O–H groups in total. The van der Waals surface area contributed by atoms with Gasteiger partial charge in [0.1, 0.15) is 11.3 Å². The summed E-state index contributed by atoms with van der Waals surface area (Å²) in [6.45, 7) is 3.55. The van der Waals surface area contributed by atoms with Crippen molar-refractivity contribution < 1.29 is 33.0 Å². The number of nitrogens with zero attached hydrogens (tertiary/aromatic N) is 4.